The van der Waals surface area contributed by atoms with E-state index < -0.39 is 6.04 Å². The Morgan fingerprint density at radius 1 is 0.633 bits per heavy atom. The molecule has 0 aromatic rings. The van der Waals surface area contributed by atoms with Crippen LogP contribution in [0.3, 0.4) is 0 Å². The third kappa shape index (κ3) is 36.0. The summed E-state index contributed by atoms with van der Waals surface area (Å²) in [6.07, 6.45) is 45.8. The topological polar surface area (TPSA) is 79.6 Å². The van der Waals surface area contributed by atoms with E-state index in [-0.39, 0.29) is 11.9 Å². The van der Waals surface area contributed by atoms with Gasteiger partial charge in [0, 0.05) is 30.9 Å². The molecule has 0 aromatic carbocycles. The third-order valence-corrected chi connectivity index (χ3v) is 11.9. The summed E-state index contributed by atoms with van der Waals surface area (Å²) >= 11 is 0. The number of amides is 1. The van der Waals surface area contributed by atoms with E-state index in [1.54, 1.807) is 0 Å². The molecule has 6 nitrogen and oxygen atoms in total. The molecule has 60 heavy (non-hydrogen) atoms. The fraction of sp³-hybridized carbons (Fsp3) is 0.759. The molecule has 0 fully saturated rings. The highest BCUT2D eigenvalue weighted by atomic mass is 16.5. The van der Waals surface area contributed by atoms with Crippen molar-refractivity contribution in [3.05, 3.63) is 74.0 Å². The summed E-state index contributed by atoms with van der Waals surface area (Å²) in [4.78, 5) is 15.4. The zero-order valence-corrected chi connectivity index (χ0v) is 40.2. The van der Waals surface area contributed by atoms with Crippen LogP contribution in [0.1, 0.15) is 233 Å². The van der Waals surface area contributed by atoms with Gasteiger partial charge in [0.1, 0.15) is 0 Å². The normalized spacial score (nSPS) is 12.3. The third-order valence-electron chi connectivity index (χ3n) is 11.9. The molecule has 0 saturated heterocycles. The number of nitrogens with two attached hydrogens (primary N) is 1. The molecule has 348 valence electrons. The van der Waals surface area contributed by atoms with E-state index in [9.17, 15) is 4.79 Å². The number of rotatable bonds is 47. The molecule has 0 aliphatic carbocycles. The van der Waals surface area contributed by atoms with Gasteiger partial charge in [-0.1, -0.05) is 206 Å². The molecular formula is C54H100N4O2. The average molecular weight is 837 g/mol. The summed E-state index contributed by atoms with van der Waals surface area (Å²) in [6.45, 7) is 29.9. The zero-order valence-electron chi connectivity index (χ0n) is 40.2. The largest absolute Gasteiger partial charge is 0.499 e. The minimum absolute atomic E-state index is 0.0850. The van der Waals surface area contributed by atoms with Crippen molar-refractivity contribution in [3.63, 3.8) is 0 Å². The lowest BCUT2D eigenvalue weighted by Crippen LogP contribution is -2.46. The minimum Gasteiger partial charge on any atom is -0.499 e. The molecular weight excluding hydrogens is 737 g/mol. The van der Waals surface area contributed by atoms with Crippen molar-refractivity contribution in [2.75, 3.05) is 19.7 Å². The lowest BCUT2D eigenvalue weighted by Gasteiger charge is -2.24. The summed E-state index contributed by atoms with van der Waals surface area (Å²) in [5.74, 6) is 0.722. The van der Waals surface area contributed by atoms with E-state index in [1.807, 2.05) is 25.3 Å². The second-order valence-electron chi connectivity index (χ2n) is 17.6. The fourth-order valence-electron chi connectivity index (χ4n) is 7.82. The summed E-state index contributed by atoms with van der Waals surface area (Å²) in [5, 5.41) is 6.74. The van der Waals surface area contributed by atoms with E-state index in [0.29, 0.717) is 12.8 Å². The monoisotopic (exact) mass is 837 g/mol. The van der Waals surface area contributed by atoms with Crippen LogP contribution in [0.25, 0.3) is 0 Å². The van der Waals surface area contributed by atoms with E-state index in [2.05, 4.69) is 62.3 Å². The van der Waals surface area contributed by atoms with Gasteiger partial charge in [-0.15, -0.1) is 0 Å². The quantitative estimate of drug-likeness (QED) is 0.0246. The first-order valence-corrected chi connectivity index (χ1v) is 25.4. The summed E-state index contributed by atoms with van der Waals surface area (Å²) in [5.41, 5.74) is 9.52. The first-order chi connectivity index (χ1) is 29.2. The average Bonchev–Trinajstić information content (AvgIpc) is 3.23. The summed E-state index contributed by atoms with van der Waals surface area (Å²) < 4.78 is 6.06. The molecule has 0 aliphatic heterocycles. The SMILES string of the molecule is C=CN(CCCC(=C)NCCCCC(N)C(=O)NC(CCC(=C)OCCCCCCCCCCCCCC)C(=C)CCCCCCCCCCCCCCC)C(=C)/C=C\C. The zero-order chi connectivity index (χ0) is 44.3. The van der Waals surface area contributed by atoms with Crippen LogP contribution < -0.4 is 16.4 Å². The molecule has 0 radical (unpaired) electrons. The first-order valence-electron chi connectivity index (χ1n) is 25.4. The van der Waals surface area contributed by atoms with Gasteiger partial charge < -0.3 is 26.0 Å². The molecule has 0 aliphatic rings. The van der Waals surface area contributed by atoms with Crippen molar-refractivity contribution in [3.8, 4) is 0 Å². The minimum atomic E-state index is -0.541. The van der Waals surface area contributed by atoms with Gasteiger partial charge in [0.25, 0.3) is 0 Å². The second kappa shape index (κ2) is 42.9. The number of hydrogen-bond acceptors (Lipinski definition) is 5. The maximum Gasteiger partial charge on any atom is 0.237 e. The Bertz CT molecular complexity index is 1110. The molecule has 1 amide bonds. The predicted octanol–water partition coefficient (Wildman–Crippen LogP) is 15.4. The van der Waals surface area contributed by atoms with Crippen LogP contribution in [0.5, 0.6) is 0 Å². The van der Waals surface area contributed by atoms with Crippen molar-refractivity contribution in [2.24, 2.45) is 5.73 Å². The molecule has 0 rings (SSSR count). The fourth-order valence-corrected chi connectivity index (χ4v) is 7.82. The highest BCUT2D eigenvalue weighted by molar-refractivity contribution is 5.82. The Kier molecular flexibility index (Phi) is 41.0. The Balaban J connectivity index is 4.64. The van der Waals surface area contributed by atoms with Crippen molar-refractivity contribution in [1.82, 2.24) is 15.5 Å². The smallest absolute Gasteiger partial charge is 0.237 e. The van der Waals surface area contributed by atoms with Crippen LogP contribution in [0.4, 0.5) is 0 Å². The standard InChI is InChI=1S/C54H100N4O2/c1-9-13-15-17-19-21-23-25-26-28-30-32-34-40-48(5)53(44-43-51(8)60-47-37-33-31-29-27-24-22-20-18-16-14-10-2)57-54(59)52(55)42-35-36-45-56-49(6)41-38-46-58(12-4)50(7)39-11-3/h11-12,39,52-53,56H,4-10,13-38,40-47,55H2,1-3H3,(H,57,59)/b39-11-. The van der Waals surface area contributed by atoms with Crippen molar-refractivity contribution in [1.29, 1.82) is 0 Å². The Labute approximate surface area is 373 Å². The van der Waals surface area contributed by atoms with E-state index in [4.69, 9.17) is 10.5 Å². The highest BCUT2D eigenvalue weighted by Gasteiger charge is 2.20. The number of hydrogen-bond donors (Lipinski definition) is 3. The number of nitrogens with zero attached hydrogens (tertiary/aromatic N) is 1. The van der Waals surface area contributed by atoms with Gasteiger partial charge in [-0.2, -0.15) is 0 Å². The summed E-state index contributed by atoms with van der Waals surface area (Å²) in [7, 11) is 0. The number of unbranched alkanes of at least 4 members (excludes halogenated alkanes) is 24. The number of ether oxygens (including phenoxy) is 1. The molecule has 0 aromatic heterocycles. The maximum absolute atomic E-state index is 13.4. The van der Waals surface area contributed by atoms with Gasteiger partial charge in [0.15, 0.2) is 0 Å². The van der Waals surface area contributed by atoms with Gasteiger partial charge >= 0.3 is 0 Å². The summed E-state index contributed by atoms with van der Waals surface area (Å²) in [6, 6.07) is -0.662. The second-order valence-corrected chi connectivity index (χ2v) is 17.6. The molecule has 0 bridgehead atoms. The predicted molar refractivity (Wildman–Crippen MR) is 266 cm³/mol. The van der Waals surface area contributed by atoms with Gasteiger partial charge in [0.2, 0.25) is 5.91 Å². The molecule has 0 heterocycles. The highest BCUT2D eigenvalue weighted by Crippen LogP contribution is 2.20. The lowest BCUT2D eigenvalue weighted by atomic mass is 9.96. The van der Waals surface area contributed by atoms with Gasteiger partial charge in [-0.05, 0) is 77.0 Å². The molecule has 4 N–H and O–H groups in total. The van der Waals surface area contributed by atoms with E-state index in [1.165, 1.54) is 148 Å². The Morgan fingerprint density at radius 3 is 1.63 bits per heavy atom. The van der Waals surface area contributed by atoms with Crippen molar-refractivity contribution < 1.29 is 9.53 Å². The van der Waals surface area contributed by atoms with Crippen LogP contribution in [0.2, 0.25) is 0 Å². The van der Waals surface area contributed by atoms with Crippen LogP contribution in [-0.4, -0.2) is 42.6 Å². The Hall–Kier alpha value is -2.73. The van der Waals surface area contributed by atoms with Crippen molar-refractivity contribution >= 4 is 5.91 Å². The molecule has 2 unspecified atom stereocenters. The number of carbonyl (C=O) groups excluding carboxylic acids is 1. The number of carbonyl (C=O) groups is 1. The van der Waals surface area contributed by atoms with Gasteiger partial charge in [0.05, 0.1) is 24.4 Å². The first kappa shape index (κ1) is 57.3. The van der Waals surface area contributed by atoms with Crippen LogP contribution >= 0.6 is 0 Å². The van der Waals surface area contributed by atoms with Crippen molar-refractivity contribution in [2.45, 2.75) is 245 Å². The molecule has 0 saturated carbocycles. The molecule has 6 heteroatoms. The van der Waals surface area contributed by atoms with Gasteiger partial charge in [-0.25, -0.2) is 0 Å². The van der Waals surface area contributed by atoms with Gasteiger partial charge in [-0.3, -0.25) is 4.79 Å². The van der Waals surface area contributed by atoms with Crippen LogP contribution in [0, 0.1) is 0 Å². The molecule has 2 atom stereocenters. The lowest BCUT2D eigenvalue weighted by molar-refractivity contribution is -0.123. The van der Waals surface area contributed by atoms with Crippen LogP contribution in [0.15, 0.2) is 74.0 Å². The van der Waals surface area contributed by atoms with E-state index in [0.717, 1.165) is 93.8 Å². The number of allylic oxidation sites excluding steroid dienone is 4. The van der Waals surface area contributed by atoms with E-state index >= 15 is 0 Å². The van der Waals surface area contributed by atoms with Crippen LogP contribution in [-0.2, 0) is 9.53 Å². The maximum atomic E-state index is 13.4. The molecule has 0 spiro atoms. The number of nitrogens with one attached hydrogen (secondary N) is 2. The Morgan fingerprint density at radius 2 is 1.13 bits per heavy atom.